The molecule has 1 fully saturated rings. The number of aromatic nitrogens is 1. The van der Waals surface area contributed by atoms with Gasteiger partial charge in [0.15, 0.2) is 0 Å². The zero-order valence-electron chi connectivity index (χ0n) is 14.9. The number of halogens is 1. The summed E-state index contributed by atoms with van der Waals surface area (Å²) in [6.07, 6.45) is 2.76. The first-order valence-electron chi connectivity index (χ1n) is 9.11. The molecule has 1 atom stereocenters. The number of hydrogen-bond acceptors (Lipinski definition) is 2. The first-order valence-corrected chi connectivity index (χ1v) is 10.2. The highest BCUT2D eigenvalue weighted by molar-refractivity contribution is 7.99. The van der Waals surface area contributed by atoms with Crippen molar-refractivity contribution in [2.75, 3.05) is 18.8 Å². The van der Waals surface area contributed by atoms with Gasteiger partial charge in [0.05, 0.1) is 0 Å². The van der Waals surface area contributed by atoms with Gasteiger partial charge < -0.3 is 9.88 Å². The molecule has 0 aliphatic carbocycles. The molecule has 27 heavy (non-hydrogen) atoms. The molecule has 0 bridgehead atoms. The summed E-state index contributed by atoms with van der Waals surface area (Å²) in [6, 6.07) is 18.6. The van der Waals surface area contributed by atoms with Gasteiger partial charge in [0.1, 0.15) is 11.5 Å². The van der Waals surface area contributed by atoms with Crippen LogP contribution in [-0.4, -0.2) is 34.6 Å². The van der Waals surface area contributed by atoms with Crippen LogP contribution >= 0.6 is 11.8 Å². The van der Waals surface area contributed by atoms with Gasteiger partial charge in [-0.3, -0.25) is 4.79 Å². The fourth-order valence-electron chi connectivity index (χ4n) is 3.40. The second kappa shape index (κ2) is 8.01. The van der Waals surface area contributed by atoms with Crippen LogP contribution in [0.15, 0.2) is 66.9 Å². The van der Waals surface area contributed by atoms with Crippen LogP contribution in [-0.2, 0) is 0 Å². The van der Waals surface area contributed by atoms with Gasteiger partial charge in [0.2, 0.25) is 0 Å². The minimum atomic E-state index is -0.263. The second-order valence-electron chi connectivity index (χ2n) is 6.66. The van der Waals surface area contributed by atoms with Crippen molar-refractivity contribution in [1.82, 2.24) is 9.88 Å². The topological polar surface area (TPSA) is 36.1 Å². The molecule has 1 aliphatic heterocycles. The Hall–Kier alpha value is -2.53. The molecule has 1 saturated heterocycles. The number of nitrogens with zero attached hydrogens (tertiary/aromatic N) is 1. The van der Waals surface area contributed by atoms with Gasteiger partial charge in [0.25, 0.3) is 5.91 Å². The maximum Gasteiger partial charge on any atom is 0.270 e. The number of benzene rings is 2. The summed E-state index contributed by atoms with van der Waals surface area (Å²) in [5, 5.41) is 0.433. The minimum absolute atomic E-state index is 0.0256. The fourth-order valence-corrected chi connectivity index (χ4v) is 4.64. The molecular formula is C22H21FN2OS. The van der Waals surface area contributed by atoms with Crippen LogP contribution in [0.5, 0.6) is 0 Å². The number of H-pyrrole nitrogens is 1. The van der Waals surface area contributed by atoms with Crippen molar-refractivity contribution in [3.8, 4) is 11.1 Å². The lowest BCUT2D eigenvalue weighted by atomic mass is 10.1. The van der Waals surface area contributed by atoms with Crippen molar-refractivity contribution in [1.29, 1.82) is 0 Å². The Morgan fingerprint density at radius 1 is 1.04 bits per heavy atom. The molecule has 1 amide bonds. The van der Waals surface area contributed by atoms with Gasteiger partial charge >= 0.3 is 0 Å². The maximum absolute atomic E-state index is 13.1. The van der Waals surface area contributed by atoms with Gasteiger partial charge in [-0.15, -0.1) is 0 Å². The second-order valence-corrected chi connectivity index (χ2v) is 7.97. The Morgan fingerprint density at radius 3 is 2.59 bits per heavy atom. The average molecular weight is 380 g/mol. The predicted octanol–water partition coefficient (Wildman–Crippen LogP) is 5.14. The lowest BCUT2D eigenvalue weighted by molar-refractivity contribution is 0.0761. The Kier molecular flexibility index (Phi) is 5.30. The van der Waals surface area contributed by atoms with Crippen molar-refractivity contribution < 1.29 is 9.18 Å². The number of amides is 1. The Bertz CT molecular complexity index is 908. The summed E-state index contributed by atoms with van der Waals surface area (Å²) in [4.78, 5) is 17.9. The van der Waals surface area contributed by atoms with Crippen LogP contribution in [0.2, 0.25) is 0 Å². The smallest absolute Gasteiger partial charge is 0.270 e. The van der Waals surface area contributed by atoms with E-state index in [1.165, 1.54) is 17.7 Å². The number of rotatable bonds is 3. The normalized spacial score (nSPS) is 17.5. The number of thioether (sulfide) groups is 1. The standard InChI is InChI=1S/C22H21FN2OS/c23-19-8-6-16(7-9-19)18-14-20(24-15-18)22(26)25-11-10-21(27-13-12-25)17-4-2-1-3-5-17/h1-9,14-15,21,24H,10-13H2. The molecule has 3 nitrogen and oxygen atoms in total. The van der Waals surface area contributed by atoms with E-state index in [1.54, 1.807) is 18.3 Å². The molecule has 5 heteroatoms. The fraction of sp³-hybridized carbons (Fsp3) is 0.227. The van der Waals surface area contributed by atoms with E-state index < -0.39 is 0 Å². The van der Waals surface area contributed by atoms with Crippen molar-refractivity contribution >= 4 is 17.7 Å². The van der Waals surface area contributed by atoms with Crippen molar-refractivity contribution in [3.05, 3.63) is 83.9 Å². The molecule has 0 spiro atoms. The summed E-state index contributed by atoms with van der Waals surface area (Å²) in [5.41, 5.74) is 3.69. The lowest BCUT2D eigenvalue weighted by Crippen LogP contribution is -2.33. The highest BCUT2D eigenvalue weighted by Crippen LogP contribution is 2.34. The van der Waals surface area contributed by atoms with Crippen LogP contribution in [0.3, 0.4) is 0 Å². The third-order valence-electron chi connectivity index (χ3n) is 4.89. The van der Waals surface area contributed by atoms with Crippen molar-refractivity contribution in [3.63, 3.8) is 0 Å². The summed E-state index contributed by atoms with van der Waals surface area (Å²) >= 11 is 1.92. The van der Waals surface area contributed by atoms with Crippen LogP contribution in [0.1, 0.15) is 27.7 Å². The summed E-state index contributed by atoms with van der Waals surface area (Å²) in [7, 11) is 0. The molecule has 2 heterocycles. The SMILES string of the molecule is O=C(c1cc(-c2ccc(F)cc2)c[nH]1)N1CCSC(c2ccccc2)CC1. The average Bonchev–Trinajstić information content (AvgIpc) is 3.06. The van der Waals surface area contributed by atoms with E-state index in [1.807, 2.05) is 28.8 Å². The quantitative estimate of drug-likeness (QED) is 0.683. The number of carbonyl (C=O) groups is 1. The highest BCUT2D eigenvalue weighted by atomic mass is 32.2. The van der Waals surface area contributed by atoms with Gasteiger partial charge in [-0.2, -0.15) is 11.8 Å². The summed E-state index contributed by atoms with van der Waals surface area (Å²) < 4.78 is 13.1. The first-order chi connectivity index (χ1) is 13.2. The Morgan fingerprint density at radius 2 is 1.81 bits per heavy atom. The molecule has 0 saturated carbocycles. The van der Waals surface area contributed by atoms with Crippen LogP contribution in [0.4, 0.5) is 4.39 Å². The molecule has 1 unspecified atom stereocenters. The van der Waals surface area contributed by atoms with Crippen LogP contribution in [0, 0.1) is 5.82 Å². The highest BCUT2D eigenvalue weighted by Gasteiger charge is 2.23. The third-order valence-corrected chi connectivity index (χ3v) is 6.22. The number of hydrogen-bond donors (Lipinski definition) is 1. The molecule has 0 radical (unpaired) electrons. The monoisotopic (exact) mass is 380 g/mol. The maximum atomic E-state index is 13.1. The lowest BCUT2D eigenvalue weighted by Gasteiger charge is -2.19. The van der Waals surface area contributed by atoms with E-state index in [0.29, 0.717) is 10.9 Å². The van der Waals surface area contributed by atoms with E-state index in [4.69, 9.17) is 0 Å². The Balaban J connectivity index is 1.45. The van der Waals surface area contributed by atoms with E-state index in [9.17, 15) is 9.18 Å². The number of nitrogens with one attached hydrogen (secondary N) is 1. The minimum Gasteiger partial charge on any atom is -0.357 e. The van der Waals surface area contributed by atoms with E-state index in [2.05, 4.69) is 29.2 Å². The Labute approximate surface area is 162 Å². The number of carbonyl (C=O) groups excluding carboxylic acids is 1. The van der Waals surface area contributed by atoms with Gasteiger partial charge in [-0.1, -0.05) is 42.5 Å². The van der Waals surface area contributed by atoms with E-state index in [0.717, 1.165) is 36.4 Å². The molecule has 1 aromatic heterocycles. The zero-order chi connectivity index (χ0) is 18.6. The van der Waals surface area contributed by atoms with Crippen LogP contribution < -0.4 is 0 Å². The molecule has 4 rings (SSSR count). The van der Waals surface area contributed by atoms with Crippen LogP contribution in [0.25, 0.3) is 11.1 Å². The largest absolute Gasteiger partial charge is 0.357 e. The van der Waals surface area contributed by atoms with E-state index >= 15 is 0 Å². The van der Waals surface area contributed by atoms with Crippen molar-refractivity contribution in [2.45, 2.75) is 11.7 Å². The molecule has 138 valence electrons. The van der Waals surface area contributed by atoms with Gasteiger partial charge in [0, 0.05) is 30.3 Å². The summed E-state index contributed by atoms with van der Waals surface area (Å²) in [5.74, 6) is 0.690. The van der Waals surface area contributed by atoms with E-state index in [-0.39, 0.29) is 11.7 Å². The van der Waals surface area contributed by atoms with Crippen molar-refractivity contribution in [2.24, 2.45) is 0 Å². The molecule has 1 N–H and O–H groups in total. The number of aromatic amines is 1. The third kappa shape index (κ3) is 4.08. The first kappa shape index (κ1) is 17.9. The predicted molar refractivity (Wildman–Crippen MR) is 108 cm³/mol. The molecule has 2 aromatic carbocycles. The van der Waals surface area contributed by atoms with Gasteiger partial charge in [-0.05, 0) is 41.3 Å². The molecular weight excluding hydrogens is 359 g/mol. The molecule has 1 aliphatic rings. The summed E-state index contributed by atoms with van der Waals surface area (Å²) in [6.45, 7) is 1.49. The van der Waals surface area contributed by atoms with Gasteiger partial charge in [-0.25, -0.2) is 4.39 Å². The zero-order valence-corrected chi connectivity index (χ0v) is 15.7. The molecule has 3 aromatic rings.